The van der Waals surface area contributed by atoms with Crippen molar-refractivity contribution < 1.29 is 4.74 Å². The van der Waals surface area contributed by atoms with Crippen LogP contribution in [-0.2, 0) is 4.74 Å². The van der Waals surface area contributed by atoms with Gasteiger partial charge in [0.1, 0.15) is 5.70 Å². The first kappa shape index (κ1) is 7.38. The summed E-state index contributed by atoms with van der Waals surface area (Å²) in [6.07, 6.45) is 5.16. The molecule has 0 aromatic heterocycles. The van der Waals surface area contributed by atoms with Gasteiger partial charge < -0.3 is 10.1 Å². The molecule has 0 radical (unpaired) electrons. The molecule has 0 spiro atoms. The first-order valence-corrected chi connectivity index (χ1v) is 4.40. The van der Waals surface area contributed by atoms with Crippen molar-refractivity contribution >= 4 is 18.4 Å². The lowest BCUT2D eigenvalue weighted by molar-refractivity contribution is 0.510. The number of benzene rings is 1. The Morgan fingerprint density at radius 3 is 3.14 bits per heavy atom. The summed E-state index contributed by atoms with van der Waals surface area (Å²) in [6, 6.07) is 8.08. The lowest BCUT2D eigenvalue weighted by atomic mass is 10.1. The molecule has 0 aliphatic carbocycles. The average molecular weight is 184 g/mol. The molecule has 14 heavy (non-hydrogen) atoms. The Hall–Kier alpha value is -2.03. The van der Waals surface area contributed by atoms with Gasteiger partial charge >= 0.3 is 0 Å². The standard InChI is InChI=1S/C11H8N2O/c1-2-4-9-8(3-1)5-13-10-6-12-7-14-11(9)10/h1-7,13H. The molecule has 0 unspecified atom stereocenters. The molecule has 0 fully saturated rings. The molecule has 0 atom stereocenters. The van der Waals surface area contributed by atoms with Crippen molar-refractivity contribution in [2.45, 2.75) is 0 Å². The number of aliphatic imine (C=N–C) groups is 1. The highest BCUT2D eigenvalue weighted by atomic mass is 16.5. The van der Waals surface area contributed by atoms with Crippen molar-refractivity contribution in [3.05, 3.63) is 46.6 Å². The van der Waals surface area contributed by atoms with Gasteiger partial charge in [0, 0.05) is 16.6 Å². The molecule has 68 valence electrons. The number of ether oxygens (including phenoxy) is 1. The molecule has 3 nitrogen and oxygen atoms in total. The molecular formula is C11H8N2O. The van der Waals surface area contributed by atoms with Gasteiger partial charge in [0.25, 0.3) is 0 Å². The smallest absolute Gasteiger partial charge is 0.181 e. The molecule has 0 amide bonds. The Kier molecular flexibility index (Phi) is 1.44. The van der Waals surface area contributed by atoms with E-state index >= 15 is 0 Å². The van der Waals surface area contributed by atoms with Gasteiger partial charge in [0.15, 0.2) is 12.2 Å². The van der Waals surface area contributed by atoms with Gasteiger partial charge in [0.2, 0.25) is 0 Å². The molecule has 2 aliphatic rings. The molecule has 0 saturated heterocycles. The van der Waals surface area contributed by atoms with Crippen molar-refractivity contribution in [1.82, 2.24) is 5.32 Å². The van der Waals surface area contributed by atoms with Crippen molar-refractivity contribution in [1.29, 1.82) is 0 Å². The van der Waals surface area contributed by atoms with Gasteiger partial charge in [-0.15, -0.1) is 0 Å². The molecule has 3 rings (SSSR count). The fourth-order valence-corrected chi connectivity index (χ4v) is 1.61. The number of hydrogen-bond donors (Lipinski definition) is 1. The van der Waals surface area contributed by atoms with Crippen LogP contribution in [0.15, 0.2) is 41.2 Å². The van der Waals surface area contributed by atoms with Crippen LogP contribution in [0.4, 0.5) is 0 Å². The van der Waals surface area contributed by atoms with E-state index in [0.717, 1.165) is 21.9 Å². The lowest BCUT2D eigenvalue weighted by Crippen LogP contribution is -2.36. The second kappa shape index (κ2) is 2.73. The highest BCUT2D eigenvalue weighted by Crippen LogP contribution is 2.12. The number of fused-ring (bicyclic) bond motifs is 2. The highest BCUT2D eigenvalue weighted by molar-refractivity contribution is 5.72. The molecular weight excluding hydrogens is 176 g/mol. The second-order valence-corrected chi connectivity index (χ2v) is 3.12. The summed E-state index contributed by atoms with van der Waals surface area (Å²) in [4.78, 5) is 3.92. The number of rotatable bonds is 0. The maximum Gasteiger partial charge on any atom is 0.181 e. The van der Waals surface area contributed by atoms with Gasteiger partial charge in [-0.25, -0.2) is 4.99 Å². The Bertz CT molecular complexity index is 555. The van der Waals surface area contributed by atoms with Gasteiger partial charge in [-0.1, -0.05) is 24.3 Å². The lowest BCUT2D eigenvalue weighted by Gasteiger charge is -2.16. The third-order valence-corrected chi connectivity index (χ3v) is 2.27. The summed E-state index contributed by atoms with van der Waals surface area (Å²) in [5, 5.41) is 5.37. The Labute approximate surface area is 80.7 Å². The summed E-state index contributed by atoms with van der Waals surface area (Å²) in [5.74, 6) is 0.845. The van der Waals surface area contributed by atoms with Gasteiger partial charge in [-0.05, 0) is 0 Å². The van der Waals surface area contributed by atoms with Crippen LogP contribution in [0.25, 0.3) is 12.0 Å². The quantitative estimate of drug-likeness (QED) is 0.617. The van der Waals surface area contributed by atoms with E-state index in [1.165, 1.54) is 6.40 Å². The Balaban J connectivity index is 2.41. The minimum atomic E-state index is 0.845. The van der Waals surface area contributed by atoms with E-state index in [2.05, 4.69) is 10.3 Å². The zero-order chi connectivity index (χ0) is 9.38. The van der Waals surface area contributed by atoms with E-state index in [1.54, 1.807) is 6.20 Å². The number of hydrogen-bond acceptors (Lipinski definition) is 3. The first-order valence-electron chi connectivity index (χ1n) is 4.40. The van der Waals surface area contributed by atoms with Crippen molar-refractivity contribution in [2.24, 2.45) is 4.99 Å². The monoisotopic (exact) mass is 184 g/mol. The topological polar surface area (TPSA) is 33.6 Å². The van der Waals surface area contributed by atoms with Crippen LogP contribution in [0.5, 0.6) is 0 Å². The van der Waals surface area contributed by atoms with E-state index < -0.39 is 0 Å². The van der Waals surface area contributed by atoms with Crippen LogP contribution in [-0.4, -0.2) is 6.40 Å². The average Bonchev–Trinajstić information content (AvgIpc) is 2.29. The van der Waals surface area contributed by atoms with Gasteiger partial charge in [0.05, 0.1) is 6.20 Å². The van der Waals surface area contributed by atoms with Crippen LogP contribution in [0.3, 0.4) is 0 Å². The molecule has 0 bridgehead atoms. The molecule has 0 saturated carbocycles. The van der Waals surface area contributed by atoms with E-state index in [4.69, 9.17) is 4.74 Å². The molecule has 1 N–H and O–H groups in total. The van der Waals surface area contributed by atoms with Gasteiger partial charge in [-0.2, -0.15) is 0 Å². The van der Waals surface area contributed by atoms with E-state index in [0.29, 0.717) is 0 Å². The predicted molar refractivity (Wildman–Crippen MR) is 54.4 cm³/mol. The number of nitrogens with zero attached hydrogens (tertiary/aromatic N) is 1. The van der Waals surface area contributed by atoms with Crippen molar-refractivity contribution in [2.75, 3.05) is 0 Å². The Morgan fingerprint density at radius 2 is 2.14 bits per heavy atom. The summed E-state index contributed by atoms with van der Waals surface area (Å²) in [7, 11) is 0. The van der Waals surface area contributed by atoms with Crippen molar-refractivity contribution in [3.8, 4) is 0 Å². The fraction of sp³-hybridized carbons (Fsp3) is 0. The normalized spacial score (nSPS) is 16.9. The maximum atomic E-state index is 5.38. The summed E-state index contributed by atoms with van der Waals surface area (Å²) >= 11 is 0. The molecule has 1 aromatic rings. The largest absolute Gasteiger partial charge is 0.443 e. The summed E-state index contributed by atoms with van der Waals surface area (Å²) < 4.78 is 5.38. The van der Waals surface area contributed by atoms with E-state index in [9.17, 15) is 0 Å². The fourth-order valence-electron chi connectivity index (χ4n) is 1.61. The first-order chi connectivity index (χ1) is 6.95. The minimum Gasteiger partial charge on any atom is -0.443 e. The zero-order valence-corrected chi connectivity index (χ0v) is 7.40. The third kappa shape index (κ3) is 0.956. The molecule has 2 heterocycles. The van der Waals surface area contributed by atoms with Crippen molar-refractivity contribution in [3.63, 3.8) is 0 Å². The van der Waals surface area contributed by atoms with Crippen LogP contribution < -0.4 is 15.8 Å². The van der Waals surface area contributed by atoms with E-state index in [-0.39, 0.29) is 0 Å². The van der Waals surface area contributed by atoms with Gasteiger partial charge in [-0.3, -0.25) is 0 Å². The minimum absolute atomic E-state index is 0.845. The van der Waals surface area contributed by atoms with Crippen LogP contribution in [0.2, 0.25) is 0 Å². The summed E-state index contributed by atoms with van der Waals surface area (Å²) in [6.45, 7) is 0. The zero-order valence-electron chi connectivity index (χ0n) is 7.40. The molecule has 3 heteroatoms. The SMILES string of the molecule is C1=NC=C2NC=c3ccccc3=C2O1. The maximum absolute atomic E-state index is 5.38. The predicted octanol–water partition coefficient (Wildman–Crippen LogP) is 0.0359. The van der Waals surface area contributed by atoms with Crippen LogP contribution >= 0.6 is 0 Å². The highest BCUT2D eigenvalue weighted by Gasteiger charge is 2.12. The third-order valence-electron chi connectivity index (χ3n) is 2.27. The van der Waals surface area contributed by atoms with E-state index in [1.807, 2.05) is 30.5 Å². The summed E-state index contributed by atoms with van der Waals surface area (Å²) in [5.41, 5.74) is 0.909. The molecule has 2 aliphatic heterocycles. The second-order valence-electron chi connectivity index (χ2n) is 3.12. The van der Waals surface area contributed by atoms with Crippen LogP contribution in [0, 0.1) is 0 Å². The van der Waals surface area contributed by atoms with Crippen LogP contribution in [0.1, 0.15) is 0 Å². The number of nitrogens with one attached hydrogen (secondary N) is 1. The Morgan fingerprint density at radius 1 is 1.21 bits per heavy atom. The molecule has 1 aromatic carbocycles.